The summed E-state index contributed by atoms with van der Waals surface area (Å²) in [5.74, 6) is 0. The van der Waals surface area contributed by atoms with Crippen molar-refractivity contribution < 1.29 is 8.42 Å². The highest BCUT2D eigenvalue weighted by molar-refractivity contribution is 7.93. The zero-order chi connectivity index (χ0) is 13.2. The van der Waals surface area contributed by atoms with Crippen molar-refractivity contribution in [1.29, 1.82) is 5.26 Å². The third-order valence-corrected chi connectivity index (χ3v) is 4.84. The van der Waals surface area contributed by atoms with E-state index >= 15 is 0 Å². The summed E-state index contributed by atoms with van der Waals surface area (Å²) < 4.78 is 26.3. The van der Waals surface area contributed by atoms with E-state index in [1.807, 2.05) is 12.1 Å². The first-order valence-corrected chi connectivity index (χ1v) is 7.61. The normalized spacial score (nSPS) is 16.4. The predicted molar refractivity (Wildman–Crippen MR) is 70.7 cm³/mol. The second-order valence-electron chi connectivity index (χ2n) is 4.57. The van der Waals surface area contributed by atoms with E-state index in [9.17, 15) is 8.42 Å². The van der Waals surface area contributed by atoms with Crippen LogP contribution in [0.3, 0.4) is 0 Å². The average Bonchev–Trinajstić information content (AvgIpc) is 2.38. The number of hydrogen-bond acceptors (Lipinski definition) is 3. The standard InChI is InChI=1S/C13H16N2O2S/c1-10(9-14)18(16,17)15-13-8-4-6-11-5-2-3-7-12(11)13/h4,6,8,10,15H,2-3,5,7H2,1H3. The summed E-state index contributed by atoms with van der Waals surface area (Å²) in [6.45, 7) is 1.39. The third-order valence-electron chi connectivity index (χ3n) is 3.30. The van der Waals surface area contributed by atoms with Crippen LogP contribution in [-0.2, 0) is 22.9 Å². The number of aryl methyl sites for hydroxylation is 1. The van der Waals surface area contributed by atoms with Gasteiger partial charge in [-0.1, -0.05) is 12.1 Å². The van der Waals surface area contributed by atoms with Gasteiger partial charge in [0.1, 0.15) is 0 Å². The maximum Gasteiger partial charge on any atom is 0.248 e. The maximum atomic E-state index is 11.9. The zero-order valence-electron chi connectivity index (χ0n) is 10.3. The lowest BCUT2D eigenvalue weighted by Crippen LogP contribution is -2.25. The molecule has 1 aromatic rings. The van der Waals surface area contributed by atoms with Crippen molar-refractivity contribution >= 4 is 15.7 Å². The van der Waals surface area contributed by atoms with Crippen LogP contribution in [0.2, 0.25) is 0 Å². The Morgan fingerprint density at radius 2 is 2.06 bits per heavy atom. The number of nitrogens with zero attached hydrogens (tertiary/aromatic N) is 1. The number of nitriles is 1. The molecule has 1 unspecified atom stereocenters. The molecule has 0 saturated carbocycles. The van der Waals surface area contributed by atoms with Gasteiger partial charge in [0.25, 0.3) is 0 Å². The Bertz CT molecular complexity index is 587. The molecule has 18 heavy (non-hydrogen) atoms. The van der Waals surface area contributed by atoms with Gasteiger partial charge in [0, 0.05) is 0 Å². The molecular formula is C13H16N2O2S. The summed E-state index contributed by atoms with van der Waals surface area (Å²) in [6, 6.07) is 7.43. The van der Waals surface area contributed by atoms with Gasteiger partial charge >= 0.3 is 0 Å². The molecule has 0 saturated heterocycles. The first-order valence-electron chi connectivity index (χ1n) is 6.06. The lowest BCUT2D eigenvalue weighted by molar-refractivity contribution is 0.597. The van der Waals surface area contributed by atoms with Gasteiger partial charge in [-0.05, 0) is 49.8 Å². The molecule has 1 aliphatic carbocycles. The van der Waals surface area contributed by atoms with E-state index in [1.165, 1.54) is 12.5 Å². The van der Waals surface area contributed by atoms with Crippen LogP contribution in [0.5, 0.6) is 0 Å². The number of sulfonamides is 1. The highest BCUT2D eigenvalue weighted by Crippen LogP contribution is 2.28. The van der Waals surface area contributed by atoms with Gasteiger partial charge in [-0.25, -0.2) is 8.42 Å². The smallest absolute Gasteiger partial charge is 0.248 e. The van der Waals surface area contributed by atoms with Crippen molar-refractivity contribution in [2.75, 3.05) is 4.72 Å². The fourth-order valence-electron chi connectivity index (χ4n) is 2.19. The Balaban J connectivity index is 2.34. The van der Waals surface area contributed by atoms with E-state index in [4.69, 9.17) is 5.26 Å². The van der Waals surface area contributed by atoms with Gasteiger partial charge in [-0.15, -0.1) is 0 Å². The SMILES string of the molecule is CC(C#N)S(=O)(=O)Nc1cccc2c1CCCC2. The molecular weight excluding hydrogens is 248 g/mol. The summed E-state index contributed by atoms with van der Waals surface area (Å²) in [6.07, 6.45) is 4.13. The van der Waals surface area contributed by atoms with E-state index in [2.05, 4.69) is 4.72 Å². The molecule has 5 heteroatoms. The van der Waals surface area contributed by atoms with Crippen LogP contribution in [0.4, 0.5) is 5.69 Å². The predicted octanol–water partition coefficient (Wildman–Crippen LogP) is 2.22. The third kappa shape index (κ3) is 2.49. The Labute approximate surface area is 108 Å². The molecule has 0 bridgehead atoms. The van der Waals surface area contributed by atoms with E-state index in [1.54, 1.807) is 12.1 Å². The van der Waals surface area contributed by atoms with E-state index in [0.717, 1.165) is 31.2 Å². The lowest BCUT2D eigenvalue weighted by Gasteiger charge is -2.20. The summed E-state index contributed by atoms with van der Waals surface area (Å²) in [4.78, 5) is 0. The monoisotopic (exact) mass is 264 g/mol. The molecule has 0 heterocycles. The van der Waals surface area contributed by atoms with E-state index in [0.29, 0.717) is 5.69 Å². The molecule has 96 valence electrons. The zero-order valence-corrected chi connectivity index (χ0v) is 11.1. The van der Waals surface area contributed by atoms with Gasteiger partial charge in [-0.3, -0.25) is 4.72 Å². The van der Waals surface area contributed by atoms with E-state index < -0.39 is 15.3 Å². The number of fused-ring (bicyclic) bond motifs is 1. The largest absolute Gasteiger partial charge is 0.282 e. The Kier molecular flexibility index (Phi) is 3.58. The van der Waals surface area contributed by atoms with Crippen LogP contribution < -0.4 is 4.72 Å². The van der Waals surface area contributed by atoms with E-state index in [-0.39, 0.29) is 0 Å². The minimum Gasteiger partial charge on any atom is -0.282 e. The van der Waals surface area contributed by atoms with Crippen LogP contribution in [0.15, 0.2) is 18.2 Å². The van der Waals surface area contributed by atoms with Crippen molar-refractivity contribution in [2.45, 2.75) is 37.9 Å². The minimum atomic E-state index is -3.61. The number of benzene rings is 1. The van der Waals surface area contributed by atoms with Crippen LogP contribution >= 0.6 is 0 Å². The summed E-state index contributed by atoms with van der Waals surface area (Å²) in [5.41, 5.74) is 2.93. The number of hydrogen-bond donors (Lipinski definition) is 1. The molecule has 0 aliphatic heterocycles. The van der Waals surface area contributed by atoms with Crippen LogP contribution in [0.25, 0.3) is 0 Å². The second kappa shape index (κ2) is 4.99. The molecule has 1 N–H and O–H groups in total. The molecule has 0 aromatic heterocycles. The molecule has 0 amide bonds. The van der Waals surface area contributed by atoms with Crippen molar-refractivity contribution in [3.05, 3.63) is 29.3 Å². The molecule has 1 aromatic carbocycles. The molecule has 0 fully saturated rings. The molecule has 4 nitrogen and oxygen atoms in total. The lowest BCUT2D eigenvalue weighted by atomic mass is 9.91. The number of rotatable bonds is 3. The average molecular weight is 264 g/mol. The van der Waals surface area contributed by atoms with Crippen molar-refractivity contribution in [1.82, 2.24) is 0 Å². The van der Waals surface area contributed by atoms with Crippen molar-refractivity contribution in [3.8, 4) is 6.07 Å². The number of anilines is 1. The molecule has 1 atom stereocenters. The minimum absolute atomic E-state index is 0.634. The highest BCUT2D eigenvalue weighted by Gasteiger charge is 2.22. The van der Waals surface area contributed by atoms with Crippen molar-refractivity contribution in [2.24, 2.45) is 0 Å². The Morgan fingerprint density at radius 1 is 1.33 bits per heavy atom. The quantitative estimate of drug-likeness (QED) is 0.910. The maximum absolute atomic E-state index is 11.9. The first kappa shape index (κ1) is 12.9. The Hall–Kier alpha value is -1.54. The van der Waals surface area contributed by atoms with Crippen LogP contribution in [-0.4, -0.2) is 13.7 Å². The summed E-state index contributed by atoms with van der Waals surface area (Å²) in [7, 11) is -3.61. The van der Waals surface area contributed by atoms with Crippen molar-refractivity contribution in [3.63, 3.8) is 0 Å². The van der Waals surface area contributed by atoms with Gasteiger partial charge in [0.05, 0.1) is 11.8 Å². The molecule has 0 spiro atoms. The second-order valence-corrected chi connectivity index (χ2v) is 6.57. The molecule has 2 rings (SSSR count). The van der Waals surface area contributed by atoms with Gasteiger partial charge < -0.3 is 0 Å². The van der Waals surface area contributed by atoms with Gasteiger partial charge in [-0.2, -0.15) is 5.26 Å². The fourth-order valence-corrected chi connectivity index (χ4v) is 3.00. The van der Waals surface area contributed by atoms with Gasteiger partial charge in [0.2, 0.25) is 10.0 Å². The Morgan fingerprint density at radius 3 is 2.78 bits per heavy atom. The summed E-state index contributed by atoms with van der Waals surface area (Å²) >= 11 is 0. The summed E-state index contributed by atoms with van der Waals surface area (Å²) in [5, 5.41) is 7.67. The highest BCUT2D eigenvalue weighted by atomic mass is 32.2. The van der Waals surface area contributed by atoms with Crippen LogP contribution in [0.1, 0.15) is 30.9 Å². The molecule has 1 aliphatic rings. The van der Waals surface area contributed by atoms with Gasteiger partial charge in [0.15, 0.2) is 5.25 Å². The van der Waals surface area contributed by atoms with Crippen LogP contribution in [0, 0.1) is 11.3 Å². The molecule has 0 radical (unpaired) electrons. The first-order chi connectivity index (χ1) is 8.54. The number of nitrogens with one attached hydrogen (secondary N) is 1. The fraction of sp³-hybridized carbons (Fsp3) is 0.462. The topological polar surface area (TPSA) is 70.0 Å².